The average molecular weight is 385 g/mol. The number of imidazole rings is 1. The van der Waals surface area contributed by atoms with Gasteiger partial charge in [0.15, 0.2) is 5.16 Å². The number of hydrogen-bond donors (Lipinski definition) is 0. The Morgan fingerprint density at radius 2 is 1.93 bits per heavy atom. The highest BCUT2D eigenvalue weighted by atomic mass is 32.2. The highest BCUT2D eigenvalue weighted by Gasteiger charge is 2.25. The van der Waals surface area contributed by atoms with Crippen LogP contribution in [0.25, 0.3) is 0 Å². The third-order valence-corrected chi connectivity index (χ3v) is 5.46. The number of hydrogen-bond acceptors (Lipinski definition) is 4. The fourth-order valence-corrected chi connectivity index (χ4v) is 3.93. The number of aromatic nitrogens is 2. The first-order chi connectivity index (χ1) is 12.8. The van der Waals surface area contributed by atoms with Crippen molar-refractivity contribution in [1.29, 1.82) is 5.26 Å². The van der Waals surface area contributed by atoms with E-state index in [1.165, 1.54) is 11.8 Å². The van der Waals surface area contributed by atoms with Crippen LogP contribution < -0.4 is 4.90 Å². The van der Waals surface area contributed by atoms with E-state index in [9.17, 15) is 4.79 Å². The minimum absolute atomic E-state index is 0.00384. The first-order valence-electron chi connectivity index (χ1n) is 9.28. The molecule has 1 unspecified atom stereocenters. The maximum atomic E-state index is 13.1. The van der Waals surface area contributed by atoms with Crippen LogP contribution in [0.5, 0.6) is 0 Å². The van der Waals surface area contributed by atoms with Gasteiger partial charge in [-0.15, -0.1) is 0 Å². The summed E-state index contributed by atoms with van der Waals surface area (Å²) in [4.78, 5) is 19.5. The van der Waals surface area contributed by atoms with Crippen molar-refractivity contribution in [2.24, 2.45) is 5.92 Å². The summed E-state index contributed by atoms with van der Waals surface area (Å²) >= 11 is 1.49. The molecule has 0 bridgehead atoms. The van der Waals surface area contributed by atoms with Crippen LogP contribution in [0.1, 0.15) is 38.6 Å². The van der Waals surface area contributed by atoms with Gasteiger partial charge in [-0.05, 0) is 38.8 Å². The molecule has 2 aromatic rings. The maximum Gasteiger partial charge on any atom is 0.240 e. The van der Waals surface area contributed by atoms with Gasteiger partial charge in [-0.2, -0.15) is 5.26 Å². The van der Waals surface area contributed by atoms with Crippen LogP contribution in [0.4, 0.5) is 5.69 Å². The number of thioether (sulfide) groups is 1. The number of benzene rings is 1. The topological polar surface area (TPSA) is 61.9 Å². The van der Waals surface area contributed by atoms with E-state index in [0.29, 0.717) is 18.9 Å². The van der Waals surface area contributed by atoms with Gasteiger partial charge in [-0.3, -0.25) is 4.79 Å². The molecule has 1 aromatic heterocycles. The first kappa shape index (κ1) is 21.0. The summed E-state index contributed by atoms with van der Waals surface area (Å²) in [7, 11) is 0. The molecule has 0 aliphatic heterocycles. The number of nitriles is 1. The summed E-state index contributed by atoms with van der Waals surface area (Å²) < 4.78 is 2.20. The summed E-state index contributed by atoms with van der Waals surface area (Å²) in [5, 5.41) is 9.55. The number of rotatable bonds is 8. The summed E-state index contributed by atoms with van der Waals surface area (Å²) in [6.45, 7) is 11.6. The van der Waals surface area contributed by atoms with Gasteiger partial charge in [-0.1, -0.05) is 43.8 Å². The van der Waals surface area contributed by atoms with Gasteiger partial charge in [0.2, 0.25) is 5.91 Å². The van der Waals surface area contributed by atoms with E-state index in [0.717, 1.165) is 28.8 Å². The Bertz CT molecular complexity index is 808. The largest absolute Gasteiger partial charge is 0.323 e. The van der Waals surface area contributed by atoms with E-state index in [1.807, 2.05) is 44.2 Å². The fraction of sp³-hybridized carbons (Fsp3) is 0.476. The molecule has 0 radical (unpaired) electrons. The number of carbonyl (C=O) groups excluding carboxylic acids is 1. The molecule has 0 saturated heterocycles. The van der Waals surface area contributed by atoms with Crippen LogP contribution >= 0.6 is 11.8 Å². The Morgan fingerprint density at radius 3 is 2.52 bits per heavy atom. The second-order valence-corrected chi connectivity index (χ2v) is 8.37. The summed E-state index contributed by atoms with van der Waals surface area (Å²) in [5.74, 6) is 0.495. The normalized spacial score (nSPS) is 12.0. The van der Waals surface area contributed by atoms with E-state index in [4.69, 9.17) is 5.26 Å². The van der Waals surface area contributed by atoms with E-state index < -0.39 is 0 Å². The van der Waals surface area contributed by atoms with Crippen molar-refractivity contribution >= 4 is 23.4 Å². The van der Waals surface area contributed by atoms with Gasteiger partial charge >= 0.3 is 0 Å². The number of para-hydroxylation sites is 1. The molecule has 5 nitrogen and oxygen atoms in total. The third kappa shape index (κ3) is 5.36. The number of carbonyl (C=O) groups is 1. The minimum atomic E-state index is -0.295. The second-order valence-electron chi connectivity index (χ2n) is 7.06. The quantitative estimate of drug-likeness (QED) is 0.625. The molecule has 1 aromatic carbocycles. The average Bonchev–Trinajstić information content (AvgIpc) is 2.89. The Balaban J connectivity index is 2.23. The molecule has 0 aliphatic rings. The molecule has 1 atom stereocenters. The van der Waals surface area contributed by atoms with Gasteiger partial charge in [-0.25, -0.2) is 4.98 Å². The molecule has 0 spiro atoms. The van der Waals surface area contributed by atoms with Crippen LogP contribution in [0.2, 0.25) is 0 Å². The van der Waals surface area contributed by atoms with Crippen LogP contribution in [-0.4, -0.2) is 27.3 Å². The predicted molar refractivity (Wildman–Crippen MR) is 111 cm³/mol. The SMILES string of the molecule is Cc1nc(SC(C)C(=O)N(CCC#N)c2ccccc2)n(CC(C)C)c1C. The molecule has 144 valence electrons. The third-order valence-electron chi connectivity index (χ3n) is 4.38. The molecule has 2 rings (SSSR count). The van der Waals surface area contributed by atoms with Crippen LogP contribution in [0.3, 0.4) is 0 Å². The van der Waals surface area contributed by atoms with Crippen molar-refractivity contribution in [3.63, 3.8) is 0 Å². The fourth-order valence-electron chi connectivity index (χ4n) is 2.86. The standard InChI is InChI=1S/C21H28N4OS/c1-15(2)14-25-17(4)16(3)23-21(25)27-18(5)20(26)24(13-9-12-22)19-10-7-6-8-11-19/h6-8,10-11,15,18H,9,13-14H2,1-5H3. The van der Waals surface area contributed by atoms with Gasteiger partial charge in [0.25, 0.3) is 0 Å². The lowest BCUT2D eigenvalue weighted by atomic mass is 10.2. The van der Waals surface area contributed by atoms with Crippen molar-refractivity contribution in [3.05, 3.63) is 41.7 Å². The predicted octanol–water partition coefficient (Wildman–Crippen LogP) is 4.58. The molecule has 0 fully saturated rings. The highest BCUT2D eigenvalue weighted by Crippen LogP contribution is 2.28. The van der Waals surface area contributed by atoms with Crippen molar-refractivity contribution in [3.8, 4) is 6.07 Å². The maximum absolute atomic E-state index is 13.1. The zero-order valence-electron chi connectivity index (χ0n) is 16.8. The molecule has 0 saturated carbocycles. The van der Waals surface area contributed by atoms with E-state index >= 15 is 0 Å². The Hall–Kier alpha value is -2.26. The molecule has 1 amide bonds. The Labute approximate surface area is 166 Å². The van der Waals surface area contributed by atoms with Crippen LogP contribution in [0, 0.1) is 31.1 Å². The van der Waals surface area contributed by atoms with Gasteiger partial charge in [0, 0.05) is 24.5 Å². The summed E-state index contributed by atoms with van der Waals surface area (Å²) in [6, 6.07) is 11.7. The van der Waals surface area contributed by atoms with Gasteiger partial charge < -0.3 is 9.47 Å². The minimum Gasteiger partial charge on any atom is -0.323 e. The molecule has 1 heterocycles. The van der Waals surface area contributed by atoms with Gasteiger partial charge in [0.1, 0.15) is 0 Å². The lowest BCUT2D eigenvalue weighted by molar-refractivity contribution is -0.117. The Morgan fingerprint density at radius 1 is 1.26 bits per heavy atom. The van der Waals surface area contributed by atoms with Crippen LogP contribution in [-0.2, 0) is 11.3 Å². The van der Waals surface area contributed by atoms with Crippen molar-refractivity contribution < 1.29 is 4.79 Å². The molecular formula is C21H28N4OS. The molecule has 6 heteroatoms. The van der Waals surface area contributed by atoms with Crippen molar-refractivity contribution in [2.45, 2.75) is 58.0 Å². The number of anilines is 1. The number of amides is 1. The number of nitrogens with zero attached hydrogens (tertiary/aromatic N) is 4. The molecule has 27 heavy (non-hydrogen) atoms. The van der Waals surface area contributed by atoms with Crippen molar-refractivity contribution in [1.82, 2.24) is 9.55 Å². The first-order valence-corrected chi connectivity index (χ1v) is 10.2. The van der Waals surface area contributed by atoms with Gasteiger partial charge in [0.05, 0.1) is 23.4 Å². The summed E-state index contributed by atoms with van der Waals surface area (Å²) in [6.07, 6.45) is 0.304. The monoisotopic (exact) mass is 384 g/mol. The van der Waals surface area contributed by atoms with E-state index in [-0.39, 0.29) is 11.2 Å². The molecule has 0 N–H and O–H groups in total. The highest BCUT2D eigenvalue weighted by molar-refractivity contribution is 8.00. The summed E-state index contributed by atoms with van der Waals surface area (Å²) in [5.41, 5.74) is 2.97. The lowest BCUT2D eigenvalue weighted by Gasteiger charge is -2.25. The van der Waals surface area contributed by atoms with E-state index in [2.05, 4.69) is 36.4 Å². The number of aryl methyl sites for hydroxylation is 1. The van der Waals surface area contributed by atoms with Crippen molar-refractivity contribution in [2.75, 3.05) is 11.4 Å². The molecule has 0 aliphatic carbocycles. The lowest BCUT2D eigenvalue weighted by Crippen LogP contribution is -2.37. The Kier molecular flexibility index (Phi) is 7.49. The smallest absolute Gasteiger partial charge is 0.240 e. The molecular weight excluding hydrogens is 356 g/mol. The zero-order valence-corrected chi connectivity index (χ0v) is 17.6. The van der Waals surface area contributed by atoms with E-state index in [1.54, 1.807) is 4.90 Å². The second kappa shape index (κ2) is 9.61. The van der Waals surface area contributed by atoms with Crippen LogP contribution in [0.15, 0.2) is 35.5 Å². The zero-order chi connectivity index (χ0) is 20.0.